The van der Waals surface area contributed by atoms with Gasteiger partial charge in [0.2, 0.25) is 0 Å². The third-order valence-corrected chi connectivity index (χ3v) is 1.70. The van der Waals surface area contributed by atoms with Crippen molar-refractivity contribution < 1.29 is 26.4 Å². The second-order valence-corrected chi connectivity index (χ2v) is 2.97. The third-order valence-electron chi connectivity index (χ3n) is 0.923. The summed E-state index contributed by atoms with van der Waals surface area (Å²) in [5, 5.41) is 0. The first kappa shape index (κ1) is 11.9. The second kappa shape index (κ2) is 4.22. The number of hydrogen-bond donors (Lipinski definition) is 0. The number of carbonyl (C=O) groups excluding carboxylic acids is 2. The SMILES string of the molecule is O=C1CCC(=O)OS(=O)(=O)O1.[Na]. The molecule has 1 saturated heterocycles. The Morgan fingerprint density at radius 3 is 1.67 bits per heavy atom. The first-order valence-corrected chi connectivity index (χ1v) is 4.02. The molecule has 6 nitrogen and oxygen atoms in total. The predicted octanol–water partition coefficient (Wildman–Crippen LogP) is -1.27. The van der Waals surface area contributed by atoms with Crippen LogP contribution in [0.15, 0.2) is 0 Å². The van der Waals surface area contributed by atoms with Gasteiger partial charge in [0.15, 0.2) is 0 Å². The second-order valence-electron chi connectivity index (χ2n) is 1.82. The zero-order chi connectivity index (χ0) is 8.48. The van der Waals surface area contributed by atoms with Crippen molar-refractivity contribution in [1.82, 2.24) is 0 Å². The minimum Gasteiger partial charge on any atom is -0.316 e. The molecule has 1 aliphatic heterocycles. The molecular weight excluding hydrogens is 199 g/mol. The molecule has 1 radical (unpaired) electrons. The van der Waals surface area contributed by atoms with Gasteiger partial charge in [0.25, 0.3) is 0 Å². The van der Waals surface area contributed by atoms with Gasteiger partial charge in [0, 0.05) is 29.6 Å². The molecule has 0 bridgehead atoms. The van der Waals surface area contributed by atoms with Crippen molar-refractivity contribution in [1.29, 1.82) is 0 Å². The van der Waals surface area contributed by atoms with Gasteiger partial charge in [0.1, 0.15) is 0 Å². The average molecular weight is 203 g/mol. The predicted molar refractivity (Wildman–Crippen MR) is 36.1 cm³/mol. The van der Waals surface area contributed by atoms with Crippen molar-refractivity contribution in [3.8, 4) is 0 Å². The molecule has 8 heteroatoms. The average Bonchev–Trinajstić information content (AvgIpc) is 1.89. The van der Waals surface area contributed by atoms with Gasteiger partial charge in [-0.3, -0.25) is 9.59 Å². The van der Waals surface area contributed by atoms with Crippen LogP contribution in [0.3, 0.4) is 0 Å². The Morgan fingerprint density at radius 1 is 1.00 bits per heavy atom. The number of hydrogen-bond acceptors (Lipinski definition) is 6. The Balaban J connectivity index is 0.00000121. The Kier molecular flexibility index (Phi) is 4.18. The van der Waals surface area contributed by atoms with Gasteiger partial charge in [-0.25, -0.2) is 0 Å². The fraction of sp³-hybridized carbons (Fsp3) is 0.500. The molecule has 0 aliphatic carbocycles. The summed E-state index contributed by atoms with van der Waals surface area (Å²) < 4.78 is 28.3. The Hall–Kier alpha value is -0.110. The van der Waals surface area contributed by atoms with Crippen molar-refractivity contribution in [2.24, 2.45) is 0 Å². The maximum Gasteiger partial charge on any atom is 0.506 e. The van der Waals surface area contributed by atoms with E-state index in [1.807, 2.05) is 0 Å². The topological polar surface area (TPSA) is 86.7 Å². The van der Waals surface area contributed by atoms with Gasteiger partial charge in [-0.15, -0.1) is 8.42 Å². The van der Waals surface area contributed by atoms with E-state index in [0.717, 1.165) is 0 Å². The quantitative estimate of drug-likeness (QED) is 0.456. The van der Waals surface area contributed by atoms with Crippen molar-refractivity contribution in [2.45, 2.75) is 12.8 Å². The summed E-state index contributed by atoms with van der Waals surface area (Å²) >= 11 is 0. The van der Waals surface area contributed by atoms with Crippen LogP contribution in [0.5, 0.6) is 0 Å². The molecule has 1 fully saturated rings. The molecule has 0 aromatic heterocycles. The normalized spacial score (nSPS) is 21.3. The zero-order valence-electron chi connectivity index (χ0n) is 6.27. The van der Waals surface area contributed by atoms with Gasteiger partial charge in [0.05, 0.1) is 12.8 Å². The standard InChI is InChI=1S/C4H4O6S.Na/c5-3-1-2-4(6)10-11(7,8)9-3;/h1-2H2;. The van der Waals surface area contributed by atoms with E-state index in [-0.39, 0.29) is 42.4 Å². The van der Waals surface area contributed by atoms with E-state index in [2.05, 4.69) is 8.37 Å². The largest absolute Gasteiger partial charge is 0.506 e. The summed E-state index contributed by atoms with van der Waals surface area (Å²) in [6.07, 6.45) is -0.532. The van der Waals surface area contributed by atoms with Crippen molar-refractivity contribution in [2.75, 3.05) is 0 Å². The summed E-state index contributed by atoms with van der Waals surface area (Å²) in [7, 11) is -4.42. The van der Waals surface area contributed by atoms with Crippen LogP contribution in [0.1, 0.15) is 12.8 Å². The first-order valence-electron chi connectivity index (χ1n) is 2.69. The molecule has 0 amide bonds. The molecule has 12 heavy (non-hydrogen) atoms. The summed E-state index contributed by atoms with van der Waals surface area (Å²) in [5.41, 5.74) is 0. The molecule has 0 N–H and O–H groups in total. The fourth-order valence-electron chi connectivity index (χ4n) is 0.532. The van der Waals surface area contributed by atoms with Crippen LogP contribution in [-0.2, 0) is 28.4 Å². The van der Waals surface area contributed by atoms with Crippen LogP contribution in [-0.4, -0.2) is 49.9 Å². The minimum atomic E-state index is -4.42. The fourth-order valence-corrected chi connectivity index (χ4v) is 1.19. The monoisotopic (exact) mass is 203 g/mol. The summed E-state index contributed by atoms with van der Waals surface area (Å²) in [5.74, 6) is -1.95. The molecule has 0 unspecified atom stereocenters. The smallest absolute Gasteiger partial charge is 0.316 e. The Labute approximate surface area is 90.8 Å². The maximum absolute atomic E-state index is 10.4. The third kappa shape index (κ3) is 3.53. The van der Waals surface area contributed by atoms with Gasteiger partial charge in [-0.1, -0.05) is 0 Å². The van der Waals surface area contributed by atoms with Crippen LogP contribution in [0.25, 0.3) is 0 Å². The van der Waals surface area contributed by atoms with Crippen LogP contribution in [0.4, 0.5) is 0 Å². The van der Waals surface area contributed by atoms with Gasteiger partial charge >= 0.3 is 22.3 Å². The molecule has 0 saturated carbocycles. The molecule has 63 valence electrons. The van der Waals surface area contributed by atoms with E-state index >= 15 is 0 Å². The van der Waals surface area contributed by atoms with Gasteiger partial charge < -0.3 is 8.37 Å². The van der Waals surface area contributed by atoms with Crippen LogP contribution >= 0.6 is 0 Å². The van der Waals surface area contributed by atoms with E-state index < -0.39 is 22.3 Å². The summed E-state index contributed by atoms with van der Waals surface area (Å²) in [6.45, 7) is 0. The van der Waals surface area contributed by atoms with Gasteiger partial charge in [-0.05, 0) is 0 Å². The van der Waals surface area contributed by atoms with Crippen LogP contribution in [0.2, 0.25) is 0 Å². The first-order chi connectivity index (χ1) is 4.99. The molecule has 0 spiro atoms. The van der Waals surface area contributed by atoms with E-state index in [9.17, 15) is 18.0 Å². The van der Waals surface area contributed by atoms with Crippen molar-refractivity contribution in [3.63, 3.8) is 0 Å². The molecule has 1 rings (SSSR count). The number of carbonyl (C=O) groups is 2. The zero-order valence-corrected chi connectivity index (χ0v) is 9.09. The minimum absolute atomic E-state index is 0. The van der Waals surface area contributed by atoms with E-state index in [1.54, 1.807) is 0 Å². The van der Waals surface area contributed by atoms with E-state index in [4.69, 9.17) is 0 Å². The van der Waals surface area contributed by atoms with Crippen LogP contribution < -0.4 is 0 Å². The van der Waals surface area contributed by atoms with Crippen LogP contribution in [0, 0.1) is 0 Å². The maximum atomic E-state index is 10.4. The summed E-state index contributed by atoms with van der Waals surface area (Å²) in [6, 6.07) is 0. The van der Waals surface area contributed by atoms with E-state index in [0.29, 0.717) is 0 Å². The van der Waals surface area contributed by atoms with E-state index in [1.165, 1.54) is 0 Å². The van der Waals surface area contributed by atoms with Crippen molar-refractivity contribution >= 4 is 51.9 Å². The Morgan fingerprint density at radius 2 is 1.33 bits per heavy atom. The summed E-state index contributed by atoms with van der Waals surface area (Å²) in [4.78, 5) is 20.8. The van der Waals surface area contributed by atoms with Gasteiger partial charge in [-0.2, -0.15) is 0 Å². The molecule has 0 aromatic rings. The number of rotatable bonds is 0. The van der Waals surface area contributed by atoms with Crippen molar-refractivity contribution in [3.05, 3.63) is 0 Å². The molecule has 1 heterocycles. The Bertz CT molecular complexity index is 269. The molecule has 0 aromatic carbocycles. The molecule has 1 aliphatic rings. The molecular formula is C4H4NaO6S. The molecule has 0 atom stereocenters.